The molecular formula is C17H25N5O4. The van der Waals surface area contributed by atoms with Crippen molar-refractivity contribution >= 4 is 17.8 Å². The van der Waals surface area contributed by atoms with E-state index in [1.165, 1.54) is 12.0 Å². The van der Waals surface area contributed by atoms with Gasteiger partial charge in [0.05, 0.1) is 25.8 Å². The van der Waals surface area contributed by atoms with Gasteiger partial charge in [0.25, 0.3) is 5.91 Å². The van der Waals surface area contributed by atoms with Crippen LogP contribution in [0.1, 0.15) is 36.5 Å². The smallest absolute Gasteiger partial charge is 0.308 e. The Labute approximate surface area is 152 Å². The fourth-order valence-corrected chi connectivity index (χ4v) is 3.38. The molecule has 3 heterocycles. The van der Waals surface area contributed by atoms with E-state index in [2.05, 4.69) is 33.9 Å². The summed E-state index contributed by atoms with van der Waals surface area (Å²) in [6, 6.07) is 1.35. The number of amides is 2. The van der Waals surface area contributed by atoms with Gasteiger partial charge in [-0.3, -0.25) is 24.0 Å². The molecule has 1 aromatic rings. The predicted molar refractivity (Wildman–Crippen MR) is 92.2 cm³/mol. The molecule has 0 unspecified atom stereocenters. The molecule has 9 heteroatoms. The van der Waals surface area contributed by atoms with Crippen molar-refractivity contribution in [2.45, 2.75) is 45.4 Å². The molecule has 1 N–H and O–H groups in total. The number of ether oxygens (including phenoxy) is 1. The number of piperazine rings is 1. The van der Waals surface area contributed by atoms with Crippen LogP contribution in [-0.4, -0.2) is 76.2 Å². The maximum Gasteiger partial charge on any atom is 0.308 e. The zero-order valence-corrected chi connectivity index (χ0v) is 15.4. The van der Waals surface area contributed by atoms with Crippen molar-refractivity contribution in [3.63, 3.8) is 0 Å². The number of hydrogen-bond acceptors (Lipinski definition) is 6. The highest BCUT2D eigenvalue weighted by molar-refractivity contribution is 5.98. The maximum absolute atomic E-state index is 13.0. The third-order valence-corrected chi connectivity index (χ3v) is 4.96. The summed E-state index contributed by atoms with van der Waals surface area (Å²) in [5.74, 6) is -1.20. The van der Waals surface area contributed by atoms with Crippen LogP contribution in [0.3, 0.4) is 0 Å². The van der Waals surface area contributed by atoms with Crippen LogP contribution in [-0.2, 0) is 27.4 Å². The molecule has 2 amide bonds. The standard InChI is InChI=1S/C17H25N5O4/c1-11(2)20-6-7-22-12(10-20)8-13(19-22)17(25)21-5-4-18-16(24)14(21)9-15(23)26-3/h8,11,14H,4-7,9-10H2,1-3H3,(H,18,24)/t14-/m0/s1. The Kier molecular flexibility index (Phi) is 5.26. The van der Waals surface area contributed by atoms with Crippen molar-refractivity contribution in [1.29, 1.82) is 0 Å². The monoisotopic (exact) mass is 363 g/mol. The minimum Gasteiger partial charge on any atom is -0.469 e. The number of methoxy groups -OCH3 is 1. The molecule has 0 aliphatic carbocycles. The number of fused-ring (bicyclic) bond motifs is 1. The van der Waals surface area contributed by atoms with Crippen molar-refractivity contribution in [2.75, 3.05) is 26.7 Å². The molecule has 26 heavy (non-hydrogen) atoms. The van der Waals surface area contributed by atoms with E-state index in [-0.39, 0.29) is 18.2 Å². The van der Waals surface area contributed by atoms with Crippen LogP contribution in [0.4, 0.5) is 0 Å². The minimum atomic E-state index is -0.866. The molecule has 0 saturated carbocycles. The Morgan fingerprint density at radius 1 is 1.35 bits per heavy atom. The van der Waals surface area contributed by atoms with Crippen LogP contribution < -0.4 is 5.32 Å². The van der Waals surface area contributed by atoms with Gasteiger partial charge in [-0.15, -0.1) is 0 Å². The van der Waals surface area contributed by atoms with Crippen LogP contribution in [0.5, 0.6) is 0 Å². The summed E-state index contributed by atoms with van der Waals surface area (Å²) in [6.45, 7) is 7.33. The summed E-state index contributed by atoms with van der Waals surface area (Å²) in [6.07, 6.45) is -0.164. The Hall–Kier alpha value is -2.42. The lowest BCUT2D eigenvalue weighted by atomic mass is 10.1. The van der Waals surface area contributed by atoms with E-state index in [4.69, 9.17) is 0 Å². The Morgan fingerprint density at radius 3 is 2.81 bits per heavy atom. The van der Waals surface area contributed by atoms with Gasteiger partial charge in [0.2, 0.25) is 5.91 Å². The van der Waals surface area contributed by atoms with Gasteiger partial charge >= 0.3 is 5.97 Å². The normalized spacial score (nSPS) is 20.7. The third kappa shape index (κ3) is 3.57. The van der Waals surface area contributed by atoms with Crippen molar-refractivity contribution in [3.05, 3.63) is 17.5 Å². The summed E-state index contributed by atoms with van der Waals surface area (Å²) in [5, 5.41) is 7.12. The van der Waals surface area contributed by atoms with Crippen LogP contribution in [0, 0.1) is 0 Å². The lowest BCUT2D eigenvalue weighted by Gasteiger charge is -2.33. The van der Waals surface area contributed by atoms with Gasteiger partial charge in [0.15, 0.2) is 5.69 Å². The summed E-state index contributed by atoms with van der Waals surface area (Å²) in [5.41, 5.74) is 1.30. The molecule has 1 fully saturated rings. The Morgan fingerprint density at radius 2 is 2.12 bits per heavy atom. The number of nitrogens with zero attached hydrogens (tertiary/aromatic N) is 4. The van der Waals surface area contributed by atoms with E-state index in [9.17, 15) is 14.4 Å². The van der Waals surface area contributed by atoms with Crippen molar-refractivity contribution in [2.24, 2.45) is 0 Å². The number of aromatic nitrogens is 2. The van der Waals surface area contributed by atoms with Crippen LogP contribution in [0.2, 0.25) is 0 Å². The molecule has 2 aliphatic rings. The first-order chi connectivity index (χ1) is 12.4. The van der Waals surface area contributed by atoms with Gasteiger partial charge in [0.1, 0.15) is 6.04 Å². The van der Waals surface area contributed by atoms with Crippen molar-refractivity contribution < 1.29 is 19.1 Å². The molecule has 142 valence electrons. The van der Waals surface area contributed by atoms with Gasteiger partial charge in [-0.1, -0.05) is 0 Å². The third-order valence-electron chi connectivity index (χ3n) is 4.96. The van der Waals surface area contributed by atoms with E-state index in [0.29, 0.717) is 24.8 Å². The highest BCUT2D eigenvalue weighted by Crippen LogP contribution is 2.19. The first kappa shape index (κ1) is 18.4. The molecular weight excluding hydrogens is 338 g/mol. The summed E-state index contributed by atoms with van der Waals surface area (Å²) in [4.78, 5) is 40.5. The zero-order chi connectivity index (χ0) is 18.8. The van der Waals surface area contributed by atoms with Crippen molar-refractivity contribution in [3.8, 4) is 0 Å². The Balaban J connectivity index is 1.79. The number of carbonyl (C=O) groups excluding carboxylic acids is 3. The molecule has 0 radical (unpaired) electrons. The number of rotatable bonds is 4. The number of esters is 1. The zero-order valence-electron chi connectivity index (χ0n) is 15.4. The number of nitrogens with one attached hydrogen (secondary N) is 1. The number of carbonyl (C=O) groups is 3. The molecule has 1 atom stereocenters. The molecule has 0 bridgehead atoms. The van der Waals surface area contributed by atoms with Gasteiger partial charge in [0, 0.05) is 32.2 Å². The molecule has 3 rings (SSSR count). The summed E-state index contributed by atoms with van der Waals surface area (Å²) >= 11 is 0. The highest BCUT2D eigenvalue weighted by Gasteiger charge is 2.36. The summed E-state index contributed by atoms with van der Waals surface area (Å²) < 4.78 is 6.51. The van der Waals surface area contributed by atoms with E-state index in [1.807, 2.05) is 4.68 Å². The lowest BCUT2D eigenvalue weighted by Crippen LogP contribution is -2.57. The minimum absolute atomic E-state index is 0.164. The molecule has 0 spiro atoms. The average Bonchev–Trinajstić information content (AvgIpc) is 3.05. The fourth-order valence-electron chi connectivity index (χ4n) is 3.38. The lowest BCUT2D eigenvalue weighted by molar-refractivity contribution is -0.145. The first-order valence-electron chi connectivity index (χ1n) is 8.87. The Bertz CT molecular complexity index is 714. The second kappa shape index (κ2) is 7.45. The van der Waals surface area contributed by atoms with Crippen LogP contribution >= 0.6 is 0 Å². The molecule has 1 saturated heterocycles. The topological polar surface area (TPSA) is 96.8 Å². The van der Waals surface area contributed by atoms with Crippen LogP contribution in [0.25, 0.3) is 0 Å². The SMILES string of the molecule is COC(=O)C[C@H]1C(=O)NCCN1C(=O)c1cc2n(n1)CCN(C(C)C)C2. The molecule has 0 aromatic carbocycles. The average molecular weight is 363 g/mol. The highest BCUT2D eigenvalue weighted by atomic mass is 16.5. The van der Waals surface area contributed by atoms with E-state index in [1.54, 1.807) is 6.07 Å². The van der Waals surface area contributed by atoms with Gasteiger partial charge < -0.3 is 15.0 Å². The largest absolute Gasteiger partial charge is 0.469 e. The molecule has 9 nitrogen and oxygen atoms in total. The maximum atomic E-state index is 13.0. The van der Waals surface area contributed by atoms with E-state index in [0.717, 1.165) is 25.3 Å². The second-order valence-corrected chi connectivity index (χ2v) is 6.89. The second-order valence-electron chi connectivity index (χ2n) is 6.89. The molecule has 2 aliphatic heterocycles. The van der Waals surface area contributed by atoms with E-state index < -0.39 is 12.0 Å². The predicted octanol–water partition coefficient (Wildman–Crippen LogP) is -0.389. The molecule has 1 aromatic heterocycles. The van der Waals surface area contributed by atoms with Gasteiger partial charge in [-0.2, -0.15) is 5.10 Å². The van der Waals surface area contributed by atoms with Gasteiger partial charge in [-0.05, 0) is 19.9 Å². The van der Waals surface area contributed by atoms with Crippen LogP contribution in [0.15, 0.2) is 6.07 Å². The summed E-state index contributed by atoms with van der Waals surface area (Å²) in [7, 11) is 1.26. The van der Waals surface area contributed by atoms with Gasteiger partial charge in [-0.25, -0.2) is 0 Å². The van der Waals surface area contributed by atoms with Crippen molar-refractivity contribution in [1.82, 2.24) is 24.9 Å². The quantitative estimate of drug-likeness (QED) is 0.732. The fraction of sp³-hybridized carbons (Fsp3) is 0.647. The number of hydrogen-bond donors (Lipinski definition) is 1. The van der Waals surface area contributed by atoms with E-state index >= 15 is 0 Å². The first-order valence-corrected chi connectivity index (χ1v) is 8.87.